The average molecular weight is 376 g/mol. The number of ether oxygens (including phenoxy) is 2. The molecule has 0 saturated carbocycles. The normalized spacial score (nSPS) is 18.2. The van der Waals surface area contributed by atoms with Crippen molar-refractivity contribution in [1.82, 2.24) is 0 Å². The molecular weight excluding hydrogens is 361 g/mol. The molecule has 142 valence electrons. The van der Waals surface area contributed by atoms with Gasteiger partial charge in [0.05, 0.1) is 16.2 Å². The van der Waals surface area contributed by atoms with E-state index in [0.29, 0.717) is 25.5 Å². The first-order chi connectivity index (χ1) is 12.1. The number of carbonyl (C=O) groups excluding carboxylic acids is 2. The monoisotopic (exact) mass is 376 g/mol. The van der Waals surface area contributed by atoms with Crippen LogP contribution in [0.25, 0.3) is 0 Å². The van der Waals surface area contributed by atoms with Crippen molar-refractivity contribution >= 4 is 23.3 Å². The number of nitrogens with one attached hydrogen (secondary N) is 1. The molecule has 1 aliphatic heterocycles. The number of nitro benzene ring substituents is 1. The highest BCUT2D eigenvalue weighted by Gasteiger charge is 2.36. The molecule has 1 aromatic rings. The van der Waals surface area contributed by atoms with Crippen molar-refractivity contribution in [2.45, 2.75) is 38.1 Å². The first kappa shape index (κ1) is 19.6. The van der Waals surface area contributed by atoms with Crippen LogP contribution in [0.1, 0.15) is 25.3 Å². The Morgan fingerprint density at radius 1 is 1.42 bits per heavy atom. The zero-order chi connectivity index (χ0) is 19.5. The fraction of sp³-hybridized carbons (Fsp3) is 0.467. The van der Waals surface area contributed by atoms with Crippen molar-refractivity contribution in [2.24, 2.45) is 0 Å². The highest BCUT2D eigenvalue weighted by atomic mass is 19.4. The molecule has 1 heterocycles. The van der Waals surface area contributed by atoms with Crippen molar-refractivity contribution < 1.29 is 37.2 Å². The minimum absolute atomic E-state index is 0.318. The van der Waals surface area contributed by atoms with Crippen LogP contribution in [0.5, 0.6) is 0 Å². The molecule has 2 rings (SSSR count). The van der Waals surface area contributed by atoms with Crippen molar-refractivity contribution in [3.63, 3.8) is 0 Å². The Morgan fingerprint density at radius 2 is 2.12 bits per heavy atom. The van der Waals surface area contributed by atoms with Gasteiger partial charge in [0.1, 0.15) is 0 Å². The highest BCUT2D eigenvalue weighted by molar-refractivity contribution is 5.96. The van der Waals surface area contributed by atoms with Crippen LogP contribution in [0.2, 0.25) is 0 Å². The number of nitro groups is 1. The van der Waals surface area contributed by atoms with Gasteiger partial charge in [-0.2, -0.15) is 13.2 Å². The number of rotatable bonds is 5. The summed E-state index contributed by atoms with van der Waals surface area (Å²) in [6, 6.07) is 1.92. The van der Waals surface area contributed by atoms with Gasteiger partial charge in [-0.3, -0.25) is 14.9 Å². The van der Waals surface area contributed by atoms with E-state index in [-0.39, 0.29) is 0 Å². The van der Waals surface area contributed by atoms with Crippen molar-refractivity contribution in [3.05, 3.63) is 33.9 Å². The van der Waals surface area contributed by atoms with E-state index in [4.69, 9.17) is 9.47 Å². The Morgan fingerprint density at radius 3 is 2.65 bits per heavy atom. The van der Waals surface area contributed by atoms with Gasteiger partial charge in [-0.05, 0) is 25.8 Å². The summed E-state index contributed by atoms with van der Waals surface area (Å²) in [5, 5.41) is 12.6. The van der Waals surface area contributed by atoms with Crippen LogP contribution in [0, 0.1) is 10.1 Å². The number of hydrogen-bond acceptors (Lipinski definition) is 6. The minimum Gasteiger partial charge on any atom is -0.451 e. The summed E-state index contributed by atoms with van der Waals surface area (Å²) in [5.41, 5.74) is -2.82. The first-order valence-corrected chi connectivity index (χ1v) is 7.58. The molecule has 0 unspecified atom stereocenters. The van der Waals surface area contributed by atoms with Gasteiger partial charge in [0.2, 0.25) is 0 Å². The molecule has 0 spiro atoms. The third-order valence-corrected chi connectivity index (χ3v) is 3.63. The average Bonchev–Trinajstić information content (AvgIpc) is 3.08. The second-order valence-electron chi connectivity index (χ2n) is 5.55. The highest BCUT2D eigenvalue weighted by Crippen LogP contribution is 2.37. The maximum atomic E-state index is 13.1. The summed E-state index contributed by atoms with van der Waals surface area (Å²) in [4.78, 5) is 33.5. The lowest BCUT2D eigenvalue weighted by atomic mass is 10.1. The molecule has 26 heavy (non-hydrogen) atoms. The van der Waals surface area contributed by atoms with Crippen LogP contribution in [-0.4, -0.2) is 35.6 Å². The standard InChI is InChI=1S/C15H15F3N2O6/c1-8(26-14(22)12-3-2-6-25-12)13(21)19-11-5-4-9(20(23)24)7-10(11)15(16,17)18/h4-5,7-8,12H,2-3,6H2,1H3,(H,19,21)/t8-,12+/m1/s1. The molecular formula is C15H15F3N2O6. The fourth-order valence-electron chi connectivity index (χ4n) is 2.29. The van der Waals surface area contributed by atoms with Gasteiger partial charge in [-0.15, -0.1) is 0 Å². The van der Waals surface area contributed by atoms with E-state index in [1.54, 1.807) is 0 Å². The third-order valence-electron chi connectivity index (χ3n) is 3.63. The molecule has 1 aliphatic rings. The number of esters is 1. The van der Waals surface area contributed by atoms with Crippen molar-refractivity contribution in [1.29, 1.82) is 0 Å². The predicted octanol–water partition coefficient (Wildman–Crippen LogP) is 2.66. The Hall–Kier alpha value is -2.69. The lowest BCUT2D eigenvalue weighted by Gasteiger charge is -2.18. The number of alkyl halides is 3. The van der Waals surface area contributed by atoms with Crippen LogP contribution < -0.4 is 5.32 Å². The van der Waals surface area contributed by atoms with E-state index in [9.17, 15) is 32.9 Å². The van der Waals surface area contributed by atoms with E-state index < -0.39 is 52.1 Å². The Balaban J connectivity index is 2.12. The minimum atomic E-state index is -4.92. The number of amides is 1. The van der Waals surface area contributed by atoms with Gasteiger partial charge in [-0.1, -0.05) is 0 Å². The molecule has 0 aromatic heterocycles. The van der Waals surface area contributed by atoms with Crippen molar-refractivity contribution in [3.8, 4) is 0 Å². The first-order valence-electron chi connectivity index (χ1n) is 7.58. The van der Waals surface area contributed by atoms with E-state index in [0.717, 1.165) is 12.1 Å². The number of hydrogen-bond donors (Lipinski definition) is 1. The topological polar surface area (TPSA) is 108 Å². The molecule has 1 N–H and O–H groups in total. The lowest BCUT2D eigenvalue weighted by molar-refractivity contribution is -0.385. The molecule has 8 nitrogen and oxygen atoms in total. The van der Waals surface area contributed by atoms with Crippen LogP contribution in [0.15, 0.2) is 18.2 Å². The predicted molar refractivity (Wildman–Crippen MR) is 81.3 cm³/mol. The van der Waals surface area contributed by atoms with E-state index in [1.165, 1.54) is 6.92 Å². The summed E-state index contributed by atoms with van der Waals surface area (Å²) >= 11 is 0. The SMILES string of the molecule is C[C@@H](OC(=O)[C@@H]1CCCO1)C(=O)Nc1ccc([N+](=O)[O-])cc1C(F)(F)F. The number of carbonyl (C=O) groups is 2. The summed E-state index contributed by atoms with van der Waals surface area (Å²) in [6.45, 7) is 1.58. The number of nitrogens with zero attached hydrogens (tertiary/aromatic N) is 1. The molecule has 0 bridgehead atoms. The third kappa shape index (κ3) is 4.69. The van der Waals surface area contributed by atoms with E-state index >= 15 is 0 Å². The second kappa shape index (κ2) is 7.68. The quantitative estimate of drug-likeness (QED) is 0.481. The maximum Gasteiger partial charge on any atom is 0.418 e. The smallest absolute Gasteiger partial charge is 0.418 e. The van der Waals surface area contributed by atoms with E-state index in [1.807, 2.05) is 5.32 Å². The molecule has 1 fully saturated rings. The van der Waals surface area contributed by atoms with Crippen LogP contribution in [-0.2, 0) is 25.2 Å². The van der Waals surface area contributed by atoms with Crippen LogP contribution in [0.3, 0.4) is 0 Å². The molecule has 11 heteroatoms. The Labute approximate surface area is 145 Å². The van der Waals surface area contributed by atoms with Gasteiger partial charge < -0.3 is 14.8 Å². The Bertz CT molecular complexity index is 716. The largest absolute Gasteiger partial charge is 0.451 e. The molecule has 1 saturated heterocycles. The van der Waals surface area contributed by atoms with Gasteiger partial charge in [0, 0.05) is 18.7 Å². The number of anilines is 1. The fourth-order valence-corrected chi connectivity index (χ4v) is 2.29. The number of non-ortho nitro benzene ring substituents is 1. The maximum absolute atomic E-state index is 13.1. The zero-order valence-corrected chi connectivity index (χ0v) is 13.5. The van der Waals surface area contributed by atoms with Gasteiger partial charge in [0.15, 0.2) is 12.2 Å². The molecule has 1 amide bonds. The number of halogens is 3. The van der Waals surface area contributed by atoms with Gasteiger partial charge in [0.25, 0.3) is 11.6 Å². The van der Waals surface area contributed by atoms with Gasteiger partial charge in [-0.25, -0.2) is 4.79 Å². The molecule has 0 radical (unpaired) electrons. The molecule has 2 atom stereocenters. The van der Waals surface area contributed by atoms with Gasteiger partial charge >= 0.3 is 12.1 Å². The Kier molecular flexibility index (Phi) is 5.80. The van der Waals surface area contributed by atoms with Crippen molar-refractivity contribution in [2.75, 3.05) is 11.9 Å². The summed E-state index contributed by atoms with van der Waals surface area (Å²) < 4.78 is 49.2. The lowest BCUT2D eigenvalue weighted by Crippen LogP contribution is -2.34. The number of benzene rings is 1. The van der Waals surface area contributed by atoms with E-state index in [2.05, 4.69) is 0 Å². The molecule has 1 aromatic carbocycles. The van der Waals surface area contributed by atoms with Crippen LogP contribution in [0.4, 0.5) is 24.5 Å². The summed E-state index contributed by atoms with van der Waals surface area (Å²) in [5.74, 6) is -1.78. The summed E-state index contributed by atoms with van der Waals surface area (Å²) in [7, 11) is 0. The van der Waals surface area contributed by atoms with Crippen LogP contribution >= 0.6 is 0 Å². The second-order valence-corrected chi connectivity index (χ2v) is 5.55. The molecule has 0 aliphatic carbocycles. The zero-order valence-electron chi connectivity index (χ0n) is 13.5. The summed E-state index contributed by atoms with van der Waals surface area (Å²) in [6.07, 6.45) is -5.99.